The predicted octanol–water partition coefficient (Wildman–Crippen LogP) is 3.01. The number of carbonyl (C=O) groups is 1. The smallest absolute Gasteiger partial charge is 0.253 e. The van der Waals surface area contributed by atoms with E-state index in [1.165, 1.54) is 6.07 Å². The number of hydrogen-bond donors (Lipinski definition) is 1. The molecule has 0 saturated carbocycles. The van der Waals surface area contributed by atoms with E-state index in [2.05, 4.69) is 21.2 Å². The fourth-order valence-electron chi connectivity index (χ4n) is 1.76. The largest absolute Gasteiger partial charge is 0.368 e. The first-order valence-electron chi connectivity index (χ1n) is 5.46. The van der Waals surface area contributed by atoms with Crippen LogP contribution in [0.5, 0.6) is 0 Å². The van der Waals surface area contributed by atoms with Crippen LogP contribution in [0.25, 0.3) is 0 Å². The Balaban J connectivity index is 2.17. The summed E-state index contributed by atoms with van der Waals surface area (Å²) in [7, 11) is 0. The number of nitrogens with one attached hydrogen (secondary N) is 1. The van der Waals surface area contributed by atoms with Gasteiger partial charge in [-0.3, -0.25) is 4.79 Å². The van der Waals surface area contributed by atoms with Gasteiger partial charge in [0.25, 0.3) is 5.91 Å². The highest BCUT2D eigenvalue weighted by Gasteiger charge is 2.25. The lowest BCUT2D eigenvalue weighted by atomic mass is 10.2. The maximum atomic E-state index is 13.6. The number of rotatable bonds is 2. The van der Waals surface area contributed by atoms with Crippen molar-refractivity contribution in [3.63, 3.8) is 0 Å². The molecule has 0 spiro atoms. The van der Waals surface area contributed by atoms with Crippen LogP contribution in [0.4, 0.5) is 10.1 Å². The van der Waals surface area contributed by atoms with Crippen molar-refractivity contribution in [2.45, 2.75) is 25.9 Å². The maximum absolute atomic E-state index is 13.6. The van der Waals surface area contributed by atoms with E-state index >= 15 is 0 Å². The standard InChI is InChI=1S/C12H13BrFNO2/c1-7-4-5-8(14)11(10(7)13)15-12(16)9-3-2-6-17-9/h4-5,9H,2-3,6H2,1H3,(H,15,16)/t9-/m0/s1. The van der Waals surface area contributed by atoms with Gasteiger partial charge in [0.2, 0.25) is 0 Å². The van der Waals surface area contributed by atoms with Gasteiger partial charge in [0.15, 0.2) is 0 Å². The number of hydrogen-bond acceptors (Lipinski definition) is 2. The molecule has 92 valence electrons. The average molecular weight is 302 g/mol. The Morgan fingerprint density at radius 3 is 3.00 bits per heavy atom. The Kier molecular flexibility index (Phi) is 3.79. The van der Waals surface area contributed by atoms with Crippen LogP contribution in [0.1, 0.15) is 18.4 Å². The second kappa shape index (κ2) is 5.14. The third kappa shape index (κ3) is 2.66. The van der Waals surface area contributed by atoms with E-state index in [1.807, 2.05) is 6.92 Å². The zero-order chi connectivity index (χ0) is 12.4. The lowest BCUT2D eigenvalue weighted by molar-refractivity contribution is -0.124. The third-order valence-electron chi connectivity index (χ3n) is 2.75. The van der Waals surface area contributed by atoms with Crippen molar-refractivity contribution in [1.29, 1.82) is 0 Å². The monoisotopic (exact) mass is 301 g/mol. The van der Waals surface area contributed by atoms with Crippen LogP contribution in [0.15, 0.2) is 16.6 Å². The quantitative estimate of drug-likeness (QED) is 0.912. The van der Waals surface area contributed by atoms with Crippen molar-refractivity contribution in [3.8, 4) is 0 Å². The second-order valence-corrected chi connectivity index (χ2v) is 4.84. The summed E-state index contributed by atoms with van der Waals surface area (Å²) in [5.41, 5.74) is 1.06. The molecular formula is C12H13BrFNO2. The van der Waals surface area contributed by atoms with Crippen LogP contribution >= 0.6 is 15.9 Å². The molecule has 17 heavy (non-hydrogen) atoms. The highest BCUT2D eigenvalue weighted by atomic mass is 79.9. The van der Waals surface area contributed by atoms with E-state index in [-0.39, 0.29) is 11.6 Å². The molecule has 1 aromatic carbocycles. The fraction of sp³-hybridized carbons (Fsp3) is 0.417. The van der Waals surface area contributed by atoms with Crippen LogP contribution in [0.3, 0.4) is 0 Å². The number of halogens is 2. The van der Waals surface area contributed by atoms with E-state index in [1.54, 1.807) is 6.07 Å². The molecule has 1 aliphatic heterocycles. The summed E-state index contributed by atoms with van der Waals surface area (Å²) in [6.07, 6.45) is 1.11. The molecule has 1 saturated heterocycles. The molecule has 0 aromatic heterocycles. The summed E-state index contributed by atoms with van der Waals surface area (Å²) in [5.74, 6) is -0.735. The number of carbonyl (C=O) groups excluding carboxylic acids is 1. The highest BCUT2D eigenvalue weighted by Crippen LogP contribution is 2.29. The van der Waals surface area contributed by atoms with Crippen molar-refractivity contribution in [2.24, 2.45) is 0 Å². The molecule has 1 N–H and O–H groups in total. The minimum Gasteiger partial charge on any atom is -0.368 e. The molecule has 5 heteroatoms. The molecule has 1 heterocycles. The number of benzene rings is 1. The lowest BCUT2D eigenvalue weighted by Crippen LogP contribution is -2.27. The molecule has 0 bridgehead atoms. The van der Waals surface area contributed by atoms with Gasteiger partial charge >= 0.3 is 0 Å². The van der Waals surface area contributed by atoms with Gasteiger partial charge in [0.1, 0.15) is 11.9 Å². The van der Waals surface area contributed by atoms with Gasteiger partial charge in [-0.2, -0.15) is 0 Å². The molecule has 2 rings (SSSR count). The average Bonchev–Trinajstić information content (AvgIpc) is 2.83. The molecule has 1 aliphatic rings. The van der Waals surface area contributed by atoms with Gasteiger partial charge in [-0.15, -0.1) is 0 Å². The van der Waals surface area contributed by atoms with Gasteiger partial charge in [0, 0.05) is 11.1 Å². The van der Waals surface area contributed by atoms with Crippen LogP contribution < -0.4 is 5.32 Å². The number of aryl methyl sites for hydroxylation is 1. The summed E-state index contributed by atoms with van der Waals surface area (Å²) >= 11 is 3.27. The fourth-order valence-corrected chi connectivity index (χ4v) is 2.18. The summed E-state index contributed by atoms with van der Waals surface area (Å²) in [6, 6.07) is 2.99. The van der Waals surface area contributed by atoms with E-state index in [4.69, 9.17) is 4.74 Å². The zero-order valence-electron chi connectivity index (χ0n) is 9.43. The van der Waals surface area contributed by atoms with Crippen molar-refractivity contribution >= 4 is 27.5 Å². The molecule has 3 nitrogen and oxygen atoms in total. The van der Waals surface area contributed by atoms with Crippen molar-refractivity contribution in [2.75, 3.05) is 11.9 Å². The molecule has 1 atom stereocenters. The number of ether oxygens (including phenoxy) is 1. The summed E-state index contributed by atoms with van der Waals surface area (Å²) < 4.78 is 19.4. The van der Waals surface area contributed by atoms with E-state index in [0.717, 1.165) is 12.0 Å². The third-order valence-corrected chi connectivity index (χ3v) is 3.78. The van der Waals surface area contributed by atoms with Crippen molar-refractivity contribution < 1.29 is 13.9 Å². The first-order valence-corrected chi connectivity index (χ1v) is 6.26. The van der Waals surface area contributed by atoms with Crippen LogP contribution in [-0.2, 0) is 9.53 Å². The molecule has 1 fully saturated rings. The van der Waals surface area contributed by atoms with E-state index in [9.17, 15) is 9.18 Å². The molecule has 1 amide bonds. The second-order valence-electron chi connectivity index (χ2n) is 4.04. The Morgan fingerprint density at radius 2 is 2.35 bits per heavy atom. The topological polar surface area (TPSA) is 38.3 Å². The first kappa shape index (κ1) is 12.5. The van der Waals surface area contributed by atoms with Crippen LogP contribution in [-0.4, -0.2) is 18.6 Å². The molecule has 1 aromatic rings. The molecule has 0 unspecified atom stereocenters. The van der Waals surface area contributed by atoms with Gasteiger partial charge in [-0.25, -0.2) is 4.39 Å². The molecule has 0 aliphatic carbocycles. The Bertz CT molecular complexity index is 444. The lowest BCUT2D eigenvalue weighted by Gasteiger charge is -2.13. The molecule has 0 radical (unpaired) electrons. The maximum Gasteiger partial charge on any atom is 0.253 e. The summed E-state index contributed by atoms with van der Waals surface area (Å²) in [5, 5.41) is 2.58. The summed E-state index contributed by atoms with van der Waals surface area (Å²) in [4.78, 5) is 11.8. The summed E-state index contributed by atoms with van der Waals surface area (Å²) in [6.45, 7) is 2.43. The Labute approximate surface area is 107 Å². The van der Waals surface area contributed by atoms with Gasteiger partial charge < -0.3 is 10.1 Å². The minimum atomic E-state index is -0.457. The van der Waals surface area contributed by atoms with Crippen molar-refractivity contribution in [3.05, 3.63) is 28.0 Å². The van der Waals surface area contributed by atoms with Gasteiger partial charge in [-0.1, -0.05) is 6.07 Å². The predicted molar refractivity (Wildman–Crippen MR) is 66.4 cm³/mol. The minimum absolute atomic E-state index is 0.186. The molecular weight excluding hydrogens is 289 g/mol. The van der Waals surface area contributed by atoms with Crippen molar-refractivity contribution in [1.82, 2.24) is 0 Å². The van der Waals surface area contributed by atoms with Crippen LogP contribution in [0, 0.1) is 12.7 Å². The Hall–Kier alpha value is -0.940. The SMILES string of the molecule is Cc1ccc(F)c(NC(=O)[C@@H]2CCCO2)c1Br. The van der Waals surface area contributed by atoms with E-state index < -0.39 is 11.9 Å². The van der Waals surface area contributed by atoms with Crippen LogP contribution in [0.2, 0.25) is 0 Å². The normalized spacial score (nSPS) is 19.4. The first-order chi connectivity index (χ1) is 8.09. The van der Waals surface area contributed by atoms with Gasteiger partial charge in [0.05, 0.1) is 5.69 Å². The number of anilines is 1. The van der Waals surface area contributed by atoms with E-state index in [0.29, 0.717) is 17.5 Å². The Morgan fingerprint density at radius 1 is 1.59 bits per heavy atom. The zero-order valence-corrected chi connectivity index (χ0v) is 11.0. The van der Waals surface area contributed by atoms with Gasteiger partial charge in [-0.05, 0) is 47.3 Å². The number of amides is 1. The highest BCUT2D eigenvalue weighted by molar-refractivity contribution is 9.10.